The van der Waals surface area contributed by atoms with Gasteiger partial charge in [-0.1, -0.05) is 53.2 Å². The Labute approximate surface area is 337 Å². The summed E-state index contributed by atoms with van der Waals surface area (Å²) < 4.78 is 21.9. The number of amides is 4. The number of nitrogens with one attached hydrogen (secondary N) is 3. The number of carbonyl (C=O) groups excluding carboxylic acids is 5. The van der Waals surface area contributed by atoms with Crippen molar-refractivity contribution in [3.63, 3.8) is 0 Å². The highest BCUT2D eigenvalue weighted by atomic mass is 32.1. The Morgan fingerprint density at radius 3 is 2.38 bits per heavy atom. The highest BCUT2D eigenvalue weighted by Crippen LogP contribution is 2.32. The summed E-state index contributed by atoms with van der Waals surface area (Å²) in [5, 5.41) is 20.0. The van der Waals surface area contributed by atoms with Gasteiger partial charge in [0.2, 0.25) is 17.7 Å². The molecule has 1 fully saturated rings. The van der Waals surface area contributed by atoms with Gasteiger partial charge in [0.15, 0.2) is 6.10 Å². The van der Waals surface area contributed by atoms with Gasteiger partial charge in [0.05, 0.1) is 18.0 Å². The van der Waals surface area contributed by atoms with E-state index in [0.29, 0.717) is 42.9 Å². The number of nitrogens with two attached hydrogens (primary N) is 1. The standard InChI is InChI=1S/C40H61N7O8S/c1-10-24(4)34(45-39(54)40(7)16-11-17-46(40)8)37(51)47(9)31(23(2)3)20-32(55-26(6)48)36-44-30(22-56-36)35(50)43-29(18-25(5)38(52)53)19-27-12-14-28(15-13-27)42-33(49)21-41/h12-15,22-25,29,31-32,34H,10-11,16-21,41H2,1-9H3,(H,42,49)(H,43,50)(H,45,54)(H,52,53)/t24-,25-,29+,31+,32+,34-,40-/m0/s1/i7D,8D. The van der Waals surface area contributed by atoms with Crippen LogP contribution in [0.5, 0.6) is 0 Å². The van der Waals surface area contributed by atoms with Crippen molar-refractivity contribution in [2.75, 3.05) is 32.5 Å². The smallest absolute Gasteiger partial charge is 0.306 e. The Balaban J connectivity index is 1.84. The zero-order chi connectivity index (χ0) is 43.3. The number of likely N-dealkylation sites (N-methyl/N-ethyl adjacent to an activating group) is 2. The molecule has 1 saturated heterocycles. The van der Waals surface area contributed by atoms with Gasteiger partial charge >= 0.3 is 11.9 Å². The highest BCUT2D eigenvalue weighted by molar-refractivity contribution is 7.09. The third-order valence-corrected chi connectivity index (χ3v) is 11.5. The first-order chi connectivity index (χ1) is 27.4. The molecular weight excluding hydrogens is 739 g/mol. The van der Waals surface area contributed by atoms with E-state index in [1.807, 2.05) is 27.7 Å². The lowest BCUT2D eigenvalue weighted by atomic mass is 9.91. The maximum Gasteiger partial charge on any atom is 0.306 e. The highest BCUT2D eigenvalue weighted by Gasteiger charge is 2.44. The number of carbonyl (C=O) groups is 6. The van der Waals surface area contributed by atoms with E-state index in [9.17, 15) is 33.9 Å². The summed E-state index contributed by atoms with van der Waals surface area (Å²) in [5.74, 6) is -4.42. The van der Waals surface area contributed by atoms with E-state index >= 15 is 0 Å². The Morgan fingerprint density at radius 1 is 1.11 bits per heavy atom. The summed E-state index contributed by atoms with van der Waals surface area (Å²) in [6.45, 7) is 10.6. The Hall–Kier alpha value is -4.41. The molecule has 3 rings (SSSR count). The van der Waals surface area contributed by atoms with Crippen molar-refractivity contribution in [2.24, 2.45) is 23.5 Å². The zero-order valence-electron chi connectivity index (χ0n) is 35.6. The number of thiazole rings is 1. The Morgan fingerprint density at radius 2 is 1.80 bits per heavy atom. The minimum absolute atomic E-state index is 0.0482. The molecule has 2 heterocycles. The van der Waals surface area contributed by atoms with E-state index in [4.69, 9.17) is 13.2 Å². The van der Waals surface area contributed by atoms with E-state index in [1.165, 1.54) is 12.3 Å². The second-order valence-corrected chi connectivity index (χ2v) is 16.1. The monoisotopic (exact) mass is 801 g/mol. The lowest BCUT2D eigenvalue weighted by molar-refractivity contribution is -0.149. The Bertz CT molecular complexity index is 1730. The van der Waals surface area contributed by atoms with E-state index < -0.39 is 59.4 Å². The van der Waals surface area contributed by atoms with Crippen LogP contribution in [-0.4, -0.2) is 106 Å². The maximum atomic E-state index is 14.3. The number of carboxylic acids is 1. The third-order valence-electron chi connectivity index (χ3n) is 10.5. The van der Waals surface area contributed by atoms with Crippen LogP contribution in [-0.2, 0) is 35.1 Å². The maximum absolute atomic E-state index is 14.3. The van der Waals surface area contributed by atoms with Crippen molar-refractivity contribution in [2.45, 2.75) is 117 Å². The van der Waals surface area contributed by atoms with Crippen LogP contribution in [0.2, 0.25) is 0 Å². The van der Waals surface area contributed by atoms with Crippen LogP contribution in [0.3, 0.4) is 0 Å². The van der Waals surface area contributed by atoms with Gasteiger partial charge < -0.3 is 36.4 Å². The SMILES string of the molecule is [2H]CN1CCC[C@@]1(C[2H])C(=O)N[C@H](C(=O)N(C)[C@H](C[C@@H](OC(C)=O)c1nc(C(=O)N[C@@H](Cc2ccc(NC(=O)CN)cc2)C[C@H](C)C(=O)O)cs1)C(C)C)[C@@H](C)CC. The molecule has 1 aromatic heterocycles. The number of esters is 1. The van der Waals surface area contributed by atoms with E-state index in [2.05, 4.69) is 20.9 Å². The van der Waals surface area contributed by atoms with Crippen molar-refractivity contribution in [1.82, 2.24) is 25.4 Å². The quantitative estimate of drug-likeness (QED) is 0.121. The summed E-state index contributed by atoms with van der Waals surface area (Å²) in [7, 11) is 1.52. The first-order valence-corrected chi connectivity index (χ1v) is 19.9. The summed E-state index contributed by atoms with van der Waals surface area (Å²) in [5.41, 5.74) is 5.59. The fourth-order valence-corrected chi connectivity index (χ4v) is 7.61. The van der Waals surface area contributed by atoms with Crippen LogP contribution >= 0.6 is 11.3 Å². The largest absolute Gasteiger partial charge is 0.481 e. The minimum atomic E-state index is -1.18. The van der Waals surface area contributed by atoms with Gasteiger partial charge in [-0.15, -0.1) is 11.3 Å². The molecule has 0 unspecified atom stereocenters. The number of aromatic nitrogens is 1. The van der Waals surface area contributed by atoms with Gasteiger partial charge in [-0.25, -0.2) is 4.98 Å². The number of hydrogen-bond acceptors (Lipinski definition) is 11. The predicted octanol–water partition coefficient (Wildman–Crippen LogP) is 3.98. The molecule has 15 nitrogen and oxygen atoms in total. The lowest BCUT2D eigenvalue weighted by Crippen LogP contribution is -2.60. The predicted molar refractivity (Wildman–Crippen MR) is 215 cm³/mol. The molecule has 310 valence electrons. The van der Waals surface area contributed by atoms with Crippen molar-refractivity contribution >= 4 is 52.6 Å². The minimum Gasteiger partial charge on any atom is -0.481 e. The van der Waals surface area contributed by atoms with Gasteiger partial charge in [-0.3, -0.25) is 33.7 Å². The third kappa shape index (κ3) is 12.3. The van der Waals surface area contributed by atoms with E-state index in [0.717, 1.165) is 16.9 Å². The molecule has 56 heavy (non-hydrogen) atoms. The normalized spacial score (nSPS) is 19.4. The molecule has 1 aliphatic rings. The van der Waals surface area contributed by atoms with E-state index in [1.54, 1.807) is 48.0 Å². The average Bonchev–Trinajstić information content (AvgIpc) is 3.86. The van der Waals surface area contributed by atoms with Crippen molar-refractivity contribution in [1.29, 1.82) is 0 Å². The summed E-state index contributed by atoms with van der Waals surface area (Å²) in [6.07, 6.45) is 1.32. The fourth-order valence-electron chi connectivity index (χ4n) is 6.77. The molecular formula is C40H61N7O8S. The van der Waals surface area contributed by atoms with Crippen LogP contribution in [0, 0.1) is 17.8 Å². The molecule has 1 aliphatic heterocycles. The second-order valence-electron chi connectivity index (χ2n) is 15.2. The van der Waals surface area contributed by atoms with Gasteiger partial charge in [0.25, 0.3) is 5.91 Å². The molecule has 4 amide bonds. The molecule has 0 spiro atoms. The number of carboxylic acid groups (broad SMARTS) is 1. The zero-order valence-corrected chi connectivity index (χ0v) is 34.4. The lowest BCUT2D eigenvalue weighted by Gasteiger charge is -2.38. The first-order valence-electron chi connectivity index (χ1n) is 20.5. The molecule has 0 radical (unpaired) electrons. The van der Waals surface area contributed by atoms with Gasteiger partial charge in [0.1, 0.15) is 16.7 Å². The van der Waals surface area contributed by atoms with Crippen molar-refractivity contribution < 1.29 is 41.4 Å². The molecule has 7 atom stereocenters. The summed E-state index contributed by atoms with van der Waals surface area (Å²) in [4.78, 5) is 85.4. The van der Waals surface area contributed by atoms with Crippen molar-refractivity contribution in [3.05, 3.63) is 45.9 Å². The van der Waals surface area contributed by atoms with Gasteiger partial charge in [-0.05, 0) is 75.7 Å². The number of likely N-dealkylation sites (tertiary alicyclic amines) is 1. The molecule has 16 heteroatoms. The molecule has 2 aromatic rings. The fraction of sp³-hybridized carbons (Fsp3) is 0.625. The van der Waals surface area contributed by atoms with E-state index in [-0.39, 0.29) is 62.7 Å². The molecule has 0 aliphatic carbocycles. The number of anilines is 1. The van der Waals surface area contributed by atoms with Crippen LogP contribution in [0.1, 0.15) is 110 Å². The average molecular weight is 802 g/mol. The molecule has 6 N–H and O–H groups in total. The van der Waals surface area contributed by atoms with Crippen LogP contribution in [0.4, 0.5) is 5.69 Å². The number of aliphatic carboxylic acids is 1. The number of nitrogens with zero attached hydrogens (tertiary/aromatic N) is 3. The van der Waals surface area contributed by atoms with Crippen LogP contribution < -0.4 is 21.7 Å². The van der Waals surface area contributed by atoms with Crippen LogP contribution in [0.25, 0.3) is 0 Å². The number of benzene rings is 1. The second kappa shape index (κ2) is 20.7. The van der Waals surface area contributed by atoms with Gasteiger partial charge in [-0.2, -0.15) is 0 Å². The van der Waals surface area contributed by atoms with Crippen LogP contribution in [0.15, 0.2) is 29.6 Å². The molecule has 0 saturated carbocycles. The topological polar surface area (TPSA) is 213 Å². The summed E-state index contributed by atoms with van der Waals surface area (Å²) in [6, 6.07) is 4.92. The first kappa shape index (κ1) is 42.7. The molecule has 1 aromatic carbocycles. The molecule has 0 bridgehead atoms. The number of rotatable bonds is 20. The van der Waals surface area contributed by atoms with Gasteiger partial charge in [0, 0.05) is 46.3 Å². The number of ether oxygens (including phenoxy) is 1. The van der Waals surface area contributed by atoms with Crippen molar-refractivity contribution in [3.8, 4) is 0 Å². The summed E-state index contributed by atoms with van der Waals surface area (Å²) >= 11 is 1.12. The Kier molecular flexibility index (Phi) is 15.8. The number of hydrogen-bond donors (Lipinski definition) is 5.